The van der Waals surface area contributed by atoms with E-state index in [1.807, 2.05) is 24.8 Å². The molecule has 102 valence electrons. The maximum atomic E-state index is 12.0. The van der Waals surface area contributed by atoms with Gasteiger partial charge in [-0.1, -0.05) is 6.92 Å². The SMILES string of the molecule is CSCC(C)Cn1c(C)cc(C(=O)C(C)Cl)c1C. The smallest absolute Gasteiger partial charge is 0.182 e. The lowest BCUT2D eigenvalue weighted by molar-refractivity contribution is 0.0991. The first kappa shape index (κ1) is 15.6. The number of nitrogens with zero attached hydrogens (tertiary/aromatic N) is 1. The van der Waals surface area contributed by atoms with Crippen LogP contribution in [0.25, 0.3) is 0 Å². The summed E-state index contributed by atoms with van der Waals surface area (Å²) in [6.45, 7) is 8.98. The van der Waals surface area contributed by atoms with Crippen molar-refractivity contribution in [1.29, 1.82) is 0 Å². The van der Waals surface area contributed by atoms with E-state index in [0.717, 1.165) is 29.2 Å². The van der Waals surface area contributed by atoms with Crippen LogP contribution in [0.4, 0.5) is 0 Å². The Kier molecular flexibility index (Phi) is 5.80. The van der Waals surface area contributed by atoms with Crippen molar-refractivity contribution >= 4 is 29.1 Å². The molecule has 0 spiro atoms. The van der Waals surface area contributed by atoms with Crippen LogP contribution in [0.15, 0.2) is 6.07 Å². The van der Waals surface area contributed by atoms with Crippen LogP contribution in [0, 0.1) is 19.8 Å². The van der Waals surface area contributed by atoms with Gasteiger partial charge in [0.15, 0.2) is 5.78 Å². The highest BCUT2D eigenvalue weighted by Crippen LogP contribution is 2.20. The van der Waals surface area contributed by atoms with Crippen molar-refractivity contribution < 1.29 is 4.79 Å². The van der Waals surface area contributed by atoms with Crippen LogP contribution in [0.3, 0.4) is 0 Å². The van der Waals surface area contributed by atoms with Gasteiger partial charge in [-0.2, -0.15) is 11.8 Å². The number of hydrogen-bond acceptors (Lipinski definition) is 2. The van der Waals surface area contributed by atoms with Crippen molar-refractivity contribution in [2.45, 2.75) is 39.6 Å². The Morgan fingerprint density at radius 3 is 2.56 bits per heavy atom. The molecule has 0 saturated carbocycles. The topological polar surface area (TPSA) is 22.0 Å². The number of Topliss-reactive ketones (excluding diaryl/α,β-unsaturated/α-hetero) is 1. The van der Waals surface area contributed by atoms with Gasteiger partial charge in [0.25, 0.3) is 0 Å². The van der Waals surface area contributed by atoms with Crippen LogP contribution >= 0.6 is 23.4 Å². The highest BCUT2D eigenvalue weighted by molar-refractivity contribution is 7.98. The molecule has 0 saturated heterocycles. The molecule has 2 nitrogen and oxygen atoms in total. The van der Waals surface area contributed by atoms with Crippen LogP contribution in [-0.4, -0.2) is 27.7 Å². The van der Waals surface area contributed by atoms with Crippen molar-refractivity contribution in [3.8, 4) is 0 Å². The first-order valence-corrected chi connectivity index (χ1v) is 8.05. The first-order chi connectivity index (χ1) is 8.38. The number of aromatic nitrogens is 1. The van der Waals surface area contributed by atoms with E-state index >= 15 is 0 Å². The third-order valence-electron chi connectivity index (χ3n) is 3.15. The Balaban J connectivity index is 2.97. The average molecular weight is 288 g/mol. The lowest BCUT2D eigenvalue weighted by Gasteiger charge is -2.15. The number of rotatable bonds is 6. The van der Waals surface area contributed by atoms with Gasteiger partial charge in [-0.05, 0) is 44.8 Å². The first-order valence-electron chi connectivity index (χ1n) is 6.22. The Hall–Kier alpha value is -0.410. The predicted octanol–water partition coefficient (Wildman–Crippen LogP) is 3.91. The van der Waals surface area contributed by atoms with Crippen molar-refractivity contribution in [3.63, 3.8) is 0 Å². The van der Waals surface area contributed by atoms with Gasteiger partial charge in [-0.3, -0.25) is 4.79 Å². The van der Waals surface area contributed by atoms with E-state index in [2.05, 4.69) is 24.7 Å². The van der Waals surface area contributed by atoms with Crippen LogP contribution in [0.2, 0.25) is 0 Å². The lowest BCUT2D eigenvalue weighted by atomic mass is 10.1. The zero-order chi connectivity index (χ0) is 13.9. The van der Waals surface area contributed by atoms with Crippen LogP contribution in [-0.2, 0) is 6.54 Å². The Bertz CT molecular complexity index is 426. The summed E-state index contributed by atoms with van der Waals surface area (Å²) in [5, 5.41) is -0.456. The van der Waals surface area contributed by atoms with Gasteiger partial charge < -0.3 is 4.57 Å². The summed E-state index contributed by atoms with van der Waals surface area (Å²) in [5.74, 6) is 1.75. The quantitative estimate of drug-likeness (QED) is 0.584. The third-order valence-corrected chi connectivity index (χ3v) is 4.25. The molecule has 0 radical (unpaired) electrons. The monoisotopic (exact) mass is 287 g/mol. The molecule has 2 unspecified atom stereocenters. The second-order valence-electron chi connectivity index (χ2n) is 4.94. The third kappa shape index (κ3) is 3.55. The summed E-state index contributed by atoms with van der Waals surface area (Å²) >= 11 is 7.75. The molecule has 18 heavy (non-hydrogen) atoms. The Morgan fingerprint density at radius 1 is 1.44 bits per heavy atom. The molecule has 0 aliphatic carbocycles. The molecule has 0 aliphatic rings. The van der Waals surface area contributed by atoms with Crippen molar-refractivity contribution in [1.82, 2.24) is 4.57 Å². The van der Waals surface area contributed by atoms with Crippen LogP contribution in [0.5, 0.6) is 0 Å². The fraction of sp³-hybridized carbons (Fsp3) is 0.643. The summed E-state index contributed by atoms with van der Waals surface area (Å²) in [4.78, 5) is 12.0. The minimum Gasteiger partial charge on any atom is -0.348 e. The minimum absolute atomic E-state index is 0.0218. The normalized spacial score (nSPS) is 14.6. The van der Waals surface area contributed by atoms with Gasteiger partial charge >= 0.3 is 0 Å². The number of thioether (sulfide) groups is 1. The summed E-state index contributed by atoms with van der Waals surface area (Å²) in [7, 11) is 0. The van der Waals surface area contributed by atoms with Gasteiger partial charge in [0.1, 0.15) is 0 Å². The summed E-state index contributed by atoms with van der Waals surface area (Å²) in [6, 6.07) is 1.96. The number of carbonyl (C=O) groups excluding carboxylic acids is 1. The molecule has 1 rings (SSSR count). The highest BCUT2D eigenvalue weighted by atomic mass is 35.5. The largest absolute Gasteiger partial charge is 0.348 e. The van der Waals surface area contributed by atoms with Crippen molar-refractivity contribution in [2.24, 2.45) is 5.92 Å². The number of carbonyl (C=O) groups is 1. The molecule has 0 fully saturated rings. The maximum Gasteiger partial charge on any atom is 0.182 e. The molecule has 0 aromatic carbocycles. The molecule has 1 aromatic rings. The molecule has 1 heterocycles. The molecular weight excluding hydrogens is 266 g/mol. The minimum atomic E-state index is -0.456. The van der Waals surface area contributed by atoms with E-state index in [9.17, 15) is 4.79 Å². The van der Waals surface area contributed by atoms with Gasteiger partial charge in [0, 0.05) is 23.5 Å². The van der Waals surface area contributed by atoms with E-state index < -0.39 is 5.38 Å². The lowest BCUT2D eigenvalue weighted by Crippen LogP contribution is -2.15. The predicted molar refractivity (Wildman–Crippen MR) is 81.1 cm³/mol. The van der Waals surface area contributed by atoms with Gasteiger partial charge in [-0.15, -0.1) is 11.6 Å². The van der Waals surface area contributed by atoms with Crippen molar-refractivity contribution in [2.75, 3.05) is 12.0 Å². The fourth-order valence-corrected chi connectivity index (χ4v) is 2.99. The fourth-order valence-electron chi connectivity index (χ4n) is 2.19. The average Bonchev–Trinajstić information content (AvgIpc) is 2.56. The van der Waals surface area contributed by atoms with Gasteiger partial charge in [-0.25, -0.2) is 0 Å². The summed E-state index contributed by atoms with van der Waals surface area (Å²) < 4.78 is 2.23. The van der Waals surface area contributed by atoms with E-state index in [1.165, 1.54) is 0 Å². The number of aryl methyl sites for hydroxylation is 1. The van der Waals surface area contributed by atoms with Crippen molar-refractivity contribution in [3.05, 3.63) is 23.0 Å². The molecule has 0 bridgehead atoms. The van der Waals surface area contributed by atoms with Gasteiger partial charge in [0.2, 0.25) is 0 Å². The molecule has 0 N–H and O–H groups in total. The molecule has 1 aromatic heterocycles. The Labute approximate surface area is 119 Å². The maximum absolute atomic E-state index is 12.0. The molecule has 4 heteroatoms. The number of alkyl halides is 1. The second kappa shape index (κ2) is 6.67. The zero-order valence-electron chi connectivity index (χ0n) is 11.8. The highest BCUT2D eigenvalue weighted by Gasteiger charge is 2.19. The number of halogens is 1. The van der Waals surface area contributed by atoms with E-state index in [-0.39, 0.29) is 5.78 Å². The van der Waals surface area contributed by atoms with Crippen LogP contribution < -0.4 is 0 Å². The van der Waals surface area contributed by atoms with E-state index in [1.54, 1.807) is 6.92 Å². The molecular formula is C14H22ClNOS. The summed E-state index contributed by atoms with van der Waals surface area (Å²) in [6.07, 6.45) is 2.12. The van der Waals surface area contributed by atoms with E-state index in [4.69, 9.17) is 11.6 Å². The van der Waals surface area contributed by atoms with Gasteiger partial charge in [0.05, 0.1) is 5.38 Å². The number of ketones is 1. The second-order valence-corrected chi connectivity index (χ2v) is 6.50. The van der Waals surface area contributed by atoms with Crippen LogP contribution in [0.1, 0.15) is 35.6 Å². The number of hydrogen-bond donors (Lipinski definition) is 0. The van der Waals surface area contributed by atoms with E-state index in [0.29, 0.717) is 5.92 Å². The summed E-state index contributed by atoms with van der Waals surface area (Å²) in [5.41, 5.74) is 2.95. The zero-order valence-corrected chi connectivity index (χ0v) is 13.4. The standard InChI is InChI=1S/C14H22ClNOS/c1-9(8-18-5)7-16-10(2)6-13(12(16)4)14(17)11(3)15/h6,9,11H,7-8H2,1-5H3. The molecule has 0 aliphatic heterocycles. The molecule has 2 atom stereocenters. The Morgan fingerprint density at radius 2 is 2.06 bits per heavy atom. The molecule has 0 amide bonds.